The minimum Gasteiger partial charge on any atom is -0.479 e. The van der Waals surface area contributed by atoms with Crippen LogP contribution in [-0.2, 0) is 14.2 Å². The van der Waals surface area contributed by atoms with Crippen molar-refractivity contribution in [3.05, 3.63) is 64.2 Å². The van der Waals surface area contributed by atoms with Crippen molar-refractivity contribution in [3.63, 3.8) is 0 Å². The number of rotatable bonds is 7. The van der Waals surface area contributed by atoms with Crippen molar-refractivity contribution in [1.29, 1.82) is 0 Å². The van der Waals surface area contributed by atoms with Gasteiger partial charge in [-0.2, -0.15) is 0 Å². The number of nitro benzene ring substituents is 1. The van der Waals surface area contributed by atoms with Gasteiger partial charge < -0.3 is 33.4 Å². The minimum absolute atomic E-state index is 0.0850. The molecule has 11 heteroatoms. The molecule has 1 aliphatic rings. The fourth-order valence-electron chi connectivity index (χ4n) is 4.53. The third-order valence-electron chi connectivity index (χ3n) is 6.08. The number of non-ortho nitro benzene ring substituents is 1. The van der Waals surface area contributed by atoms with Gasteiger partial charge in [-0.25, -0.2) is 4.79 Å². The molecule has 0 saturated carbocycles. The molecule has 3 aromatic rings. The van der Waals surface area contributed by atoms with Crippen molar-refractivity contribution in [3.8, 4) is 11.6 Å². The van der Waals surface area contributed by atoms with Gasteiger partial charge in [0.1, 0.15) is 11.9 Å². The number of aliphatic hydroxyl groups is 1. The number of carbonyl (C=O) groups is 1. The van der Waals surface area contributed by atoms with E-state index in [0.29, 0.717) is 16.5 Å². The van der Waals surface area contributed by atoms with Crippen LogP contribution < -0.4 is 9.47 Å². The molecule has 0 spiro atoms. The highest BCUT2D eigenvalue weighted by molar-refractivity contribution is 5.84. The van der Waals surface area contributed by atoms with Gasteiger partial charge in [-0.3, -0.25) is 10.1 Å². The molecule has 0 unspecified atom stereocenters. The van der Waals surface area contributed by atoms with E-state index in [9.17, 15) is 20.0 Å². The van der Waals surface area contributed by atoms with E-state index < -0.39 is 35.1 Å². The highest BCUT2D eigenvalue weighted by Crippen LogP contribution is 2.48. The van der Waals surface area contributed by atoms with Crippen molar-refractivity contribution in [2.45, 2.75) is 37.9 Å². The normalized spacial score (nSPS) is 21.4. The minimum atomic E-state index is -1.44. The lowest BCUT2D eigenvalue weighted by atomic mass is 9.84. The lowest BCUT2D eigenvalue weighted by molar-refractivity contribution is -0.385. The van der Waals surface area contributed by atoms with E-state index in [1.165, 1.54) is 32.4 Å². The molecule has 0 amide bonds. The summed E-state index contributed by atoms with van der Waals surface area (Å²) >= 11 is 0. The molecule has 0 radical (unpaired) electrons. The number of fused-ring (bicyclic) bond motifs is 2. The van der Waals surface area contributed by atoms with E-state index in [1.807, 2.05) is 12.1 Å². The van der Waals surface area contributed by atoms with Gasteiger partial charge in [0.25, 0.3) is 5.69 Å². The Morgan fingerprint density at radius 1 is 1.23 bits per heavy atom. The SMILES string of the molecule is CCOC(=O)Oc1cc2ccccc2n1[C@H]1c2cc([N+](=O)[O-])ccc2O[C@](C)(C(OC)OC)[C@@H]1O. The first-order valence-corrected chi connectivity index (χ1v) is 10.9. The Kier molecular flexibility index (Phi) is 6.66. The summed E-state index contributed by atoms with van der Waals surface area (Å²) in [6.07, 6.45) is -3.28. The van der Waals surface area contributed by atoms with Gasteiger partial charge >= 0.3 is 6.16 Å². The fourth-order valence-corrected chi connectivity index (χ4v) is 4.53. The first-order chi connectivity index (χ1) is 16.7. The lowest BCUT2D eigenvalue weighted by Crippen LogP contribution is -2.60. The zero-order valence-electron chi connectivity index (χ0n) is 19.7. The molecule has 2 heterocycles. The molecule has 186 valence electrons. The number of hydrogen-bond acceptors (Lipinski definition) is 9. The summed E-state index contributed by atoms with van der Waals surface area (Å²) in [6, 6.07) is 12.0. The summed E-state index contributed by atoms with van der Waals surface area (Å²) in [5, 5.41) is 24.0. The van der Waals surface area contributed by atoms with Crippen LogP contribution in [0.2, 0.25) is 0 Å². The van der Waals surface area contributed by atoms with Crippen LogP contribution in [0.5, 0.6) is 11.6 Å². The number of nitro groups is 1. The molecule has 0 aliphatic carbocycles. The Morgan fingerprint density at radius 3 is 2.60 bits per heavy atom. The van der Waals surface area contributed by atoms with E-state index in [4.69, 9.17) is 23.7 Å². The predicted molar refractivity (Wildman–Crippen MR) is 124 cm³/mol. The second-order valence-electron chi connectivity index (χ2n) is 8.15. The molecule has 0 fully saturated rings. The molecule has 0 bridgehead atoms. The molecule has 11 nitrogen and oxygen atoms in total. The number of aromatic nitrogens is 1. The average molecular weight is 486 g/mol. The number of para-hydroxylation sites is 1. The quantitative estimate of drug-likeness (QED) is 0.229. The number of hydrogen-bond donors (Lipinski definition) is 1. The topological polar surface area (TPSA) is 132 Å². The summed E-state index contributed by atoms with van der Waals surface area (Å²) in [7, 11) is 2.83. The van der Waals surface area contributed by atoms with Crippen LogP contribution in [-0.4, -0.2) is 59.6 Å². The molecule has 2 aromatic carbocycles. The highest BCUT2D eigenvalue weighted by atomic mass is 16.7. The average Bonchev–Trinajstić information content (AvgIpc) is 3.18. The van der Waals surface area contributed by atoms with Gasteiger partial charge in [-0.1, -0.05) is 18.2 Å². The van der Waals surface area contributed by atoms with Gasteiger partial charge in [-0.15, -0.1) is 0 Å². The predicted octanol–water partition coefficient (Wildman–Crippen LogP) is 3.81. The number of ether oxygens (including phenoxy) is 5. The van der Waals surface area contributed by atoms with Gasteiger partial charge in [0, 0.05) is 43.4 Å². The summed E-state index contributed by atoms with van der Waals surface area (Å²) in [5.74, 6) is 0.370. The number of carbonyl (C=O) groups excluding carboxylic acids is 1. The van der Waals surface area contributed by atoms with Crippen molar-refractivity contribution in [2.75, 3.05) is 20.8 Å². The highest BCUT2D eigenvalue weighted by Gasteiger charge is 2.53. The third-order valence-corrected chi connectivity index (χ3v) is 6.08. The largest absolute Gasteiger partial charge is 0.515 e. The van der Waals surface area contributed by atoms with Crippen LogP contribution in [0.15, 0.2) is 48.5 Å². The second kappa shape index (κ2) is 9.53. The molecule has 1 aromatic heterocycles. The monoisotopic (exact) mass is 486 g/mol. The van der Waals surface area contributed by atoms with Crippen molar-refractivity contribution < 1.29 is 38.5 Å². The Hall–Kier alpha value is -3.67. The molecule has 1 N–H and O–H groups in total. The molecule has 0 saturated heterocycles. The van der Waals surface area contributed by atoms with Crippen LogP contribution in [0.4, 0.5) is 10.5 Å². The van der Waals surface area contributed by atoms with Crippen molar-refractivity contribution in [1.82, 2.24) is 4.57 Å². The van der Waals surface area contributed by atoms with Gasteiger partial charge in [0.05, 0.1) is 23.1 Å². The molecular weight excluding hydrogens is 460 g/mol. The van der Waals surface area contributed by atoms with Crippen LogP contribution in [0.25, 0.3) is 10.9 Å². The van der Waals surface area contributed by atoms with Crippen molar-refractivity contribution >= 4 is 22.7 Å². The molecule has 3 atom stereocenters. The zero-order chi connectivity index (χ0) is 25.3. The van der Waals surface area contributed by atoms with Gasteiger partial charge in [0.2, 0.25) is 5.88 Å². The lowest BCUT2D eigenvalue weighted by Gasteiger charge is -2.47. The Balaban J connectivity index is 1.99. The third kappa shape index (κ3) is 4.18. The summed E-state index contributed by atoms with van der Waals surface area (Å²) in [4.78, 5) is 23.3. The van der Waals surface area contributed by atoms with E-state index in [2.05, 4.69) is 0 Å². The van der Waals surface area contributed by atoms with Crippen LogP contribution in [0, 0.1) is 10.1 Å². The number of benzene rings is 2. The Labute approximate surface area is 200 Å². The van der Waals surface area contributed by atoms with Gasteiger partial charge in [-0.05, 0) is 26.0 Å². The smallest absolute Gasteiger partial charge is 0.479 e. The number of nitrogens with zero attached hydrogens (tertiary/aromatic N) is 2. The molecular formula is C24H26N2O9. The second-order valence-corrected chi connectivity index (χ2v) is 8.15. The standard InChI is InChI=1S/C24H26N2O9/c1-5-33-23(28)34-19-12-14-8-6-7-9-17(14)25(19)20-16-13-15(26(29)30)10-11-18(16)35-24(2,21(20)27)22(31-3)32-4/h6-13,20-22,27H,5H2,1-4H3/t20-,21+,24-/m0/s1. The van der Waals surface area contributed by atoms with E-state index >= 15 is 0 Å². The summed E-state index contributed by atoms with van der Waals surface area (Å²) < 4.78 is 29.1. The first kappa shape index (κ1) is 24.5. The first-order valence-electron chi connectivity index (χ1n) is 10.9. The van der Waals surface area contributed by atoms with E-state index in [-0.39, 0.29) is 23.9 Å². The molecule has 35 heavy (non-hydrogen) atoms. The Bertz CT molecular complexity index is 1250. The maximum Gasteiger partial charge on any atom is 0.515 e. The number of aliphatic hydroxyl groups excluding tert-OH is 1. The Morgan fingerprint density at radius 2 is 1.94 bits per heavy atom. The van der Waals surface area contributed by atoms with E-state index in [1.54, 1.807) is 36.6 Å². The maximum atomic E-state index is 12.2. The summed E-state index contributed by atoms with van der Waals surface area (Å²) in [5.41, 5.74) is -0.689. The van der Waals surface area contributed by atoms with Crippen molar-refractivity contribution in [2.24, 2.45) is 0 Å². The van der Waals surface area contributed by atoms with E-state index in [0.717, 1.165) is 0 Å². The summed E-state index contributed by atoms with van der Waals surface area (Å²) in [6.45, 7) is 3.37. The molecule has 1 aliphatic heterocycles. The maximum absolute atomic E-state index is 12.2. The van der Waals surface area contributed by atoms with Crippen LogP contribution in [0.1, 0.15) is 25.5 Å². The fraction of sp³-hybridized carbons (Fsp3) is 0.375. The van der Waals surface area contributed by atoms with Crippen LogP contribution >= 0.6 is 0 Å². The van der Waals surface area contributed by atoms with Crippen LogP contribution in [0.3, 0.4) is 0 Å². The number of methoxy groups -OCH3 is 2. The zero-order valence-corrected chi connectivity index (χ0v) is 19.7. The molecule has 4 rings (SSSR count). The van der Waals surface area contributed by atoms with Gasteiger partial charge in [0.15, 0.2) is 11.9 Å².